The number of hydrogen-bond acceptors (Lipinski definition) is 3. The van der Waals surface area contributed by atoms with E-state index < -0.39 is 12.0 Å². The molecule has 2 aliphatic rings. The second kappa shape index (κ2) is 4.96. The quantitative estimate of drug-likeness (QED) is 0.904. The molecule has 0 unspecified atom stereocenters. The summed E-state index contributed by atoms with van der Waals surface area (Å²) in [6.07, 6.45) is 5.72. The van der Waals surface area contributed by atoms with Gasteiger partial charge in [-0.15, -0.1) is 11.3 Å². The van der Waals surface area contributed by atoms with Crippen LogP contribution in [0.25, 0.3) is 0 Å². The Labute approximate surface area is 116 Å². The highest BCUT2D eigenvalue weighted by Gasteiger charge is 2.35. The Morgan fingerprint density at radius 1 is 1.26 bits per heavy atom. The second-order valence-electron chi connectivity index (χ2n) is 5.25. The fourth-order valence-electron chi connectivity index (χ4n) is 3.09. The van der Waals surface area contributed by atoms with Gasteiger partial charge in [-0.3, -0.25) is 4.79 Å². The average Bonchev–Trinajstić information content (AvgIpc) is 3.05. The van der Waals surface area contributed by atoms with Gasteiger partial charge in [-0.1, -0.05) is 0 Å². The molecule has 5 heteroatoms. The van der Waals surface area contributed by atoms with Gasteiger partial charge in [0.1, 0.15) is 6.04 Å². The Kier molecular flexibility index (Phi) is 3.31. The smallest absolute Gasteiger partial charge is 0.326 e. The lowest BCUT2D eigenvalue weighted by atomic mass is 9.95. The maximum absolute atomic E-state index is 12.6. The predicted octanol–water partition coefficient (Wildman–Crippen LogP) is 2.32. The predicted molar refractivity (Wildman–Crippen MR) is 72.7 cm³/mol. The largest absolute Gasteiger partial charge is 0.480 e. The van der Waals surface area contributed by atoms with E-state index in [-0.39, 0.29) is 5.91 Å². The topological polar surface area (TPSA) is 57.6 Å². The SMILES string of the molecule is O=C(O)[C@@H]1CCCN1C(=O)c1csc2c1CCCC2. The van der Waals surface area contributed by atoms with Crippen LogP contribution >= 0.6 is 11.3 Å². The Balaban J connectivity index is 1.88. The normalized spacial score (nSPS) is 22.3. The van der Waals surface area contributed by atoms with Gasteiger partial charge in [0.2, 0.25) is 0 Å². The molecule has 2 heterocycles. The zero-order valence-corrected chi connectivity index (χ0v) is 11.5. The molecular weight excluding hydrogens is 262 g/mol. The van der Waals surface area contributed by atoms with Crippen LogP contribution in [0.2, 0.25) is 0 Å². The van der Waals surface area contributed by atoms with Crippen molar-refractivity contribution in [1.29, 1.82) is 0 Å². The Morgan fingerprint density at radius 3 is 2.84 bits per heavy atom. The highest BCUT2D eigenvalue weighted by molar-refractivity contribution is 7.10. The van der Waals surface area contributed by atoms with Crippen molar-refractivity contribution in [3.8, 4) is 0 Å². The fraction of sp³-hybridized carbons (Fsp3) is 0.571. The third-order valence-corrected chi connectivity index (χ3v) is 5.18. The lowest BCUT2D eigenvalue weighted by Crippen LogP contribution is -2.40. The molecule has 1 aliphatic heterocycles. The number of hydrogen-bond donors (Lipinski definition) is 1. The van der Waals surface area contributed by atoms with E-state index in [1.54, 1.807) is 16.2 Å². The minimum Gasteiger partial charge on any atom is -0.480 e. The summed E-state index contributed by atoms with van der Waals surface area (Å²) in [5, 5.41) is 11.1. The fourth-order valence-corrected chi connectivity index (χ4v) is 4.21. The summed E-state index contributed by atoms with van der Waals surface area (Å²) in [5.41, 5.74) is 1.94. The highest BCUT2D eigenvalue weighted by atomic mass is 32.1. The van der Waals surface area contributed by atoms with E-state index in [1.165, 1.54) is 16.9 Å². The van der Waals surface area contributed by atoms with Crippen molar-refractivity contribution in [3.63, 3.8) is 0 Å². The zero-order chi connectivity index (χ0) is 13.4. The van der Waals surface area contributed by atoms with E-state index in [4.69, 9.17) is 0 Å². The number of likely N-dealkylation sites (tertiary alicyclic amines) is 1. The standard InChI is InChI=1S/C14H17NO3S/c16-13(15-7-3-5-11(15)14(17)18)10-8-19-12-6-2-1-4-9(10)12/h8,11H,1-7H2,(H,17,18)/t11-/m0/s1. The van der Waals surface area contributed by atoms with Crippen molar-refractivity contribution in [3.05, 3.63) is 21.4 Å². The molecule has 0 aromatic carbocycles. The molecule has 1 aromatic rings. The van der Waals surface area contributed by atoms with Crippen molar-refractivity contribution >= 4 is 23.2 Å². The van der Waals surface area contributed by atoms with E-state index in [0.29, 0.717) is 13.0 Å². The van der Waals surface area contributed by atoms with Crippen LogP contribution in [0.1, 0.15) is 46.5 Å². The van der Waals surface area contributed by atoms with Crippen LogP contribution in [0.3, 0.4) is 0 Å². The molecule has 0 bridgehead atoms. The molecule has 4 nitrogen and oxygen atoms in total. The molecule has 1 atom stereocenters. The van der Waals surface area contributed by atoms with Gasteiger partial charge in [0.05, 0.1) is 5.56 Å². The number of carboxylic acids is 1. The van der Waals surface area contributed by atoms with Crippen molar-refractivity contribution in [2.45, 2.75) is 44.6 Å². The van der Waals surface area contributed by atoms with Gasteiger partial charge < -0.3 is 10.0 Å². The van der Waals surface area contributed by atoms with Gasteiger partial charge in [0.25, 0.3) is 5.91 Å². The number of thiophene rings is 1. The van der Waals surface area contributed by atoms with Gasteiger partial charge in [0, 0.05) is 16.8 Å². The molecule has 0 saturated carbocycles. The van der Waals surface area contributed by atoms with Gasteiger partial charge in [-0.05, 0) is 44.1 Å². The average molecular weight is 279 g/mol. The van der Waals surface area contributed by atoms with Crippen LogP contribution in [0.5, 0.6) is 0 Å². The number of amides is 1. The number of carbonyl (C=O) groups excluding carboxylic acids is 1. The van der Waals surface area contributed by atoms with Crippen LogP contribution in [-0.4, -0.2) is 34.5 Å². The van der Waals surface area contributed by atoms with E-state index in [9.17, 15) is 14.7 Å². The van der Waals surface area contributed by atoms with Crippen molar-refractivity contribution in [1.82, 2.24) is 4.90 Å². The number of carboxylic acid groups (broad SMARTS) is 1. The molecule has 3 rings (SSSR count). The molecule has 1 amide bonds. The first-order valence-corrected chi connectivity index (χ1v) is 7.69. The molecule has 1 N–H and O–H groups in total. The highest BCUT2D eigenvalue weighted by Crippen LogP contribution is 2.32. The lowest BCUT2D eigenvalue weighted by molar-refractivity contribution is -0.141. The summed E-state index contributed by atoms with van der Waals surface area (Å²) in [5.74, 6) is -0.959. The maximum Gasteiger partial charge on any atom is 0.326 e. The molecule has 1 saturated heterocycles. The summed E-state index contributed by atoms with van der Waals surface area (Å²) in [6.45, 7) is 0.570. The molecule has 1 aromatic heterocycles. The van der Waals surface area contributed by atoms with Gasteiger partial charge in [0.15, 0.2) is 0 Å². The number of nitrogens with zero attached hydrogens (tertiary/aromatic N) is 1. The van der Waals surface area contributed by atoms with Crippen LogP contribution in [-0.2, 0) is 17.6 Å². The van der Waals surface area contributed by atoms with Crippen molar-refractivity contribution < 1.29 is 14.7 Å². The van der Waals surface area contributed by atoms with Gasteiger partial charge >= 0.3 is 5.97 Å². The monoisotopic (exact) mass is 279 g/mol. The summed E-state index contributed by atoms with van der Waals surface area (Å²) in [4.78, 5) is 26.6. The van der Waals surface area contributed by atoms with Crippen molar-refractivity contribution in [2.24, 2.45) is 0 Å². The third kappa shape index (κ3) is 2.16. The number of rotatable bonds is 2. The summed E-state index contributed by atoms with van der Waals surface area (Å²) in [6, 6.07) is -0.633. The van der Waals surface area contributed by atoms with E-state index in [1.807, 2.05) is 5.38 Å². The van der Waals surface area contributed by atoms with E-state index in [0.717, 1.165) is 31.2 Å². The molecule has 19 heavy (non-hydrogen) atoms. The molecular formula is C14H17NO3S. The third-order valence-electron chi connectivity index (χ3n) is 4.09. The maximum atomic E-state index is 12.6. The Hall–Kier alpha value is -1.36. The molecule has 1 aliphatic carbocycles. The van der Waals surface area contributed by atoms with E-state index in [2.05, 4.69) is 0 Å². The first-order valence-electron chi connectivity index (χ1n) is 6.81. The first kappa shape index (κ1) is 12.7. The van der Waals surface area contributed by atoms with Crippen LogP contribution < -0.4 is 0 Å². The van der Waals surface area contributed by atoms with Gasteiger partial charge in [-0.2, -0.15) is 0 Å². The number of carbonyl (C=O) groups is 2. The van der Waals surface area contributed by atoms with Gasteiger partial charge in [-0.25, -0.2) is 4.79 Å². The van der Waals surface area contributed by atoms with Crippen LogP contribution in [0.4, 0.5) is 0 Å². The summed E-state index contributed by atoms with van der Waals surface area (Å²) >= 11 is 1.65. The molecule has 0 spiro atoms. The van der Waals surface area contributed by atoms with Crippen molar-refractivity contribution in [2.75, 3.05) is 6.54 Å². The van der Waals surface area contributed by atoms with Crippen LogP contribution in [0, 0.1) is 0 Å². The van der Waals surface area contributed by atoms with Crippen LogP contribution in [0.15, 0.2) is 5.38 Å². The zero-order valence-electron chi connectivity index (χ0n) is 10.7. The second-order valence-corrected chi connectivity index (χ2v) is 6.22. The number of aliphatic carboxylic acids is 1. The number of aryl methyl sites for hydroxylation is 1. The van der Waals surface area contributed by atoms with E-state index >= 15 is 0 Å². The summed E-state index contributed by atoms with van der Waals surface area (Å²) < 4.78 is 0. The minimum atomic E-state index is -0.880. The Morgan fingerprint density at radius 2 is 2.05 bits per heavy atom. The lowest BCUT2D eigenvalue weighted by Gasteiger charge is -2.22. The minimum absolute atomic E-state index is 0.0794. The Bertz CT molecular complexity index is 523. The molecule has 102 valence electrons. The number of fused-ring (bicyclic) bond motifs is 1. The molecule has 0 radical (unpaired) electrons. The molecule has 1 fully saturated rings. The summed E-state index contributed by atoms with van der Waals surface area (Å²) in [7, 11) is 0. The first-order chi connectivity index (χ1) is 9.18.